The number of nitro groups is 1. The molecule has 0 atom stereocenters. The van der Waals surface area contributed by atoms with Crippen LogP contribution in [-0.4, -0.2) is 66.2 Å². The zero-order chi connectivity index (χ0) is 27.8. The molecule has 0 spiro atoms. The van der Waals surface area contributed by atoms with Gasteiger partial charge in [-0.2, -0.15) is 0 Å². The number of hydrogen-bond acceptors (Lipinski definition) is 10. The van der Waals surface area contributed by atoms with Gasteiger partial charge in [0.15, 0.2) is 6.61 Å². The van der Waals surface area contributed by atoms with Crippen LogP contribution in [0.1, 0.15) is 19.4 Å². The van der Waals surface area contributed by atoms with E-state index in [1.54, 1.807) is 12.1 Å². The summed E-state index contributed by atoms with van der Waals surface area (Å²) in [5, 5.41) is 12.9. The number of amides is 3. The maximum Gasteiger partial charge on any atom is 0.325 e. The van der Waals surface area contributed by atoms with Crippen molar-refractivity contribution < 1.29 is 33.6 Å². The van der Waals surface area contributed by atoms with Gasteiger partial charge in [-0.25, -0.2) is 0 Å². The predicted octanol–water partition coefficient (Wildman–Crippen LogP) is 3.67. The van der Waals surface area contributed by atoms with Gasteiger partial charge >= 0.3 is 5.97 Å². The van der Waals surface area contributed by atoms with Crippen LogP contribution in [0.25, 0.3) is 6.08 Å². The van der Waals surface area contributed by atoms with Crippen LogP contribution in [0.2, 0.25) is 0 Å². The monoisotopic (exact) mass is 542 g/mol. The molecule has 38 heavy (non-hydrogen) atoms. The minimum Gasteiger partial charge on any atom is -0.483 e. The van der Waals surface area contributed by atoms with Gasteiger partial charge in [0, 0.05) is 48.2 Å². The summed E-state index contributed by atoms with van der Waals surface area (Å²) in [4.78, 5) is 62.5. The Morgan fingerprint density at radius 2 is 1.89 bits per heavy atom. The molecule has 2 aromatic carbocycles. The summed E-state index contributed by atoms with van der Waals surface area (Å²) in [7, 11) is 1.16. The Kier molecular flexibility index (Phi) is 9.44. The van der Waals surface area contributed by atoms with Crippen molar-refractivity contribution in [1.82, 2.24) is 4.90 Å². The van der Waals surface area contributed by atoms with Gasteiger partial charge < -0.3 is 19.7 Å². The maximum absolute atomic E-state index is 12.7. The Balaban J connectivity index is 1.84. The number of carbonyl (C=O) groups is 4. The van der Waals surface area contributed by atoms with Crippen molar-refractivity contribution in [3.05, 3.63) is 63.0 Å². The number of nitro benzene ring substituents is 1. The third-order valence-corrected chi connectivity index (χ3v) is 6.41. The van der Waals surface area contributed by atoms with E-state index in [2.05, 4.69) is 15.0 Å². The van der Waals surface area contributed by atoms with Gasteiger partial charge in [-0.1, -0.05) is 6.07 Å². The van der Waals surface area contributed by atoms with Crippen molar-refractivity contribution in [3.8, 4) is 5.75 Å². The first-order valence-corrected chi connectivity index (χ1v) is 12.4. The molecule has 0 radical (unpaired) electrons. The number of rotatable bonds is 11. The van der Waals surface area contributed by atoms with E-state index in [1.807, 2.05) is 19.9 Å². The van der Waals surface area contributed by atoms with Crippen molar-refractivity contribution in [1.29, 1.82) is 0 Å². The minimum absolute atomic E-state index is 0.0837. The van der Waals surface area contributed by atoms with Crippen LogP contribution in [-0.2, 0) is 19.1 Å². The van der Waals surface area contributed by atoms with E-state index >= 15 is 0 Å². The maximum atomic E-state index is 12.7. The lowest BCUT2D eigenvalue weighted by molar-refractivity contribution is -0.384. The van der Waals surface area contributed by atoms with E-state index in [4.69, 9.17) is 4.74 Å². The quantitative estimate of drug-likeness (QED) is 0.193. The first kappa shape index (κ1) is 28.2. The average Bonchev–Trinajstić information content (AvgIpc) is 3.16. The zero-order valence-electron chi connectivity index (χ0n) is 21.0. The number of thioether (sulfide) groups is 1. The third-order valence-electron chi connectivity index (χ3n) is 5.50. The summed E-state index contributed by atoms with van der Waals surface area (Å²) < 4.78 is 10.3. The normalized spacial score (nSPS) is 14.0. The van der Waals surface area contributed by atoms with Crippen molar-refractivity contribution in [2.45, 2.75) is 13.8 Å². The molecule has 0 aliphatic carbocycles. The van der Waals surface area contributed by atoms with Gasteiger partial charge in [0.05, 0.1) is 16.9 Å². The number of imide groups is 1. The molecule has 1 aliphatic heterocycles. The standard InChI is InChI=1S/C25H26N4O8S/c1-4-27(5-2)18-10-9-16(11-21-24(32)28(25(33)38-21)14-23(31)36-3)20(13-18)37-15-22(30)26-17-7-6-8-19(12-17)29(34)35/h6-13H,4-5,14-15H2,1-3H3,(H,26,30)/b21-11-. The minimum atomic E-state index is -0.726. The number of ether oxygens (including phenoxy) is 2. The Morgan fingerprint density at radius 1 is 1.16 bits per heavy atom. The van der Waals surface area contributed by atoms with Crippen LogP contribution in [0.15, 0.2) is 47.4 Å². The summed E-state index contributed by atoms with van der Waals surface area (Å²) in [5.74, 6) is -1.64. The second-order valence-corrected chi connectivity index (χ2v) is 8.88. The van der Waals surface area contributed by atoms with Gasteiger partial charge in [0.25, 0.3) is 22.7 Å². The van der Waals surface area contributed by atoms with Crippen molar-refractivity contribution >= 4 is 57.9 Å². The number of anilines is 2. The number of methoxy groups -OCH3 is 1. The molecule has 1 fully saturated rings. The smallest absolute Gasteiger partial charge is 0.325 e. The molecule has 200 valence electrons. The zero-order valence-corrected chi connectivity index (χ0v) is 21.8. The van der Waals surface area contributed by atoms with E-state index in [-0.39, 0.29) is 22.0 Å². The summed E-state index contributed by atoms with van der Waals surface area (Å²) >= 11 is 0.678. The van der Waals surface area contributed by atoms with Gasteiger partial charge in [0.1, 0.15) is 12.3 Å². The molecular formula is C25H26N4O8S. The molecule has 2 aromatic rings. The van der Waals surface area contributed by atoms with Gasteiger partial charge in [-0.3, -0.25) is 34.2 Å². The highest BCUT2D eigenvalue weighted by Gasteiger charge is 2.36. The summed E-state index contributed by atoms with van der Waals surface area (Å²) in [6.45, 7) is 4.49. The van der Waals surface area contributed by atoms with Crippen LogP contribution in [0.5, 0.6) is 5.75 Å². The predicted molar refractivity (Wildman–Crippen MR) is 142 cm³/mol. The van der Waals surface area contributed by atoms with E-state index in [9.17, 15) is 29.3 Å². The fraction of sp³-hybridized carbons (Fsp3) is 0.280. The number of carbonyl (C=O) groups excluding carboxylic acids is 4. The van der Waals surface area contributed by atoms with Crippen molar-refractivity contribution in [2.24, 2.45) is 0 Å². The van der Waals surface area contributed by atoms with Crippen LogP contribution in [0.3, 0.4) is 0 Å². The number of nitrogens with one attached hydrogen (secondary N) is 1. The Morgan fingerprint density at radius 3 is 2.55 bits per heavy atom. The molecule has 0 unspecified atom stereocenters. The topological polar surface area (TPSA) is 148 Å². The number of esters is 1. The SMILES string of the molecule is CCN(CC)c1ccc(/C=C2\SC(=O)N(CC(=O)OC)C2=O)c(OCC(=O)Nc2cccc([N+](=O)[O-])c2)c1. The highest BCUT2D eigenvalue weighted by atomic mass is 32.2. The second kappa shape index (κ2) is 12.7. The first-order chi connectivity index (χ1) is 18.2. The van der Waals surface area contributed by atoms with Gasteiger partial charge in [0.2, 0.25) is 0 Å². The summed E-state index contributed by atoms with van der Waals surface area (Å²) in [6, 6.07) is 10.8. The molecule has 13 heteroatoms. The molecular weight excluding hydrogens is 516 g/mol. The molecule has 1 N–H and O–H groups in total. The number of non-ortho nitro benzene ring substituents is 1. The van der Waals surface area contributed by atoms with Crippen LogP contribution in [0.4, 0.5) is 21.9 Å². The van der Waals surface area contributed by atoms with Crippen molar-refractivity contribution in [2.75, 3.05) is 43.6 Å². The number of benzene rings is 2. The molecule has 1 heterocycles. The van der Waals surface area contributed by atoms with Crippen LogP contribution in [0, 0.1) is 10.1 Å². The average molecular weight is 543 g/mol. The van der Waals surface area contributed by atoms with Gasteiger partial charge in [-0.05, 0) is 49.9 Å². The van der Waals surface area contributed by atoms with Crippen molar-refractivity contribution in [3.63, 3.8) is 0 Å². The molecule has 0 saturated carbocycles. The molecule has 1 saturated heterocycles. The largest absolute Gasteiger partial charge is 0.483 e. The second-order valence-electron chi connectivity index (χ2n) is 7.88. The summed E-state index contributed by atoms with van der Waals surface area (Å²) in [6.07, 6.45) is 1.46. The molecule has 3 rings (SSSR count). The van der Waals surface area contributed by atoms with Gasteiger partial charge in [-0.15, -0.1) is 0 Å². The van der Waals surface area contributed by atoms with E-state index in [0.29, 0.717) is 17.3 Å². The van der Waals surface area contributed by atoms with E-state index in [0.717, 1.165) is 30.8 Å². The molecule has 0 bridgehead atoms. The fourth-order valence-electron chi connectivity index (χ4n) is 3.56. The summed E-state index contributed by atoms with van der Waals surface area (Å²) in [5.41, 5.74) is 1.33. The molecule has 1 aliphatic rings. The van der Waals surface area contributed by atoms with Crippen LogP contribution < -0.4 is 15.0 Å². The van der Waals surface area contributed by atoms with Crippen LogP contribution >= 0.6 is 11.8 Å². The molecule has 3 amide bonds. The lowest BCUT2D eigenvalue weighted by atomic mass is 10.1. The fourth-order valence-corrected chi connectivity index (χ4v) is 4.39. The lowest BCUT2D eigenvalue weighted by Gasteiger charge is -2.22. The first-order valence-electron chi connectivity index (χ1n) is 11.5. The lowest BCUT2D eigenvalue weighted by Crippen LogP contribution is -2.34. The number of hydrogen-bond donors (Lipinski definition) is 1. The Hall–Kier alpha value is -4.39. The molecule has 12 nitrogen and oxygen atoms in total. The van der Waals surface area contributed by atoms with E-state index in [1.165, 1.54) is 30.3 Å². The highest BCUT2D eigenvalue weighted by molar-refractivity contribution is 8.18. The van der Waals surface area contributed by atoms with E-state index < -0.39 is 41.1 Å². The third kappa shape index (κ3) is 6.88. The number of nitrogens with zero attached hydrogens (tertiary/aromatic N) is 3. The Labute approximate surface area is 222 Å². The molecule has 0 aromatic heterocycles. The Bertz CT molecular complexity index is 1290. The highest BCUT2D eigenvalue weighted by Crippen LogP contribution is 2.35.